The molecule has 4 N–H and O–H groups in total. The maximum Gasteiger partial charge on any atom is 0.416 e. The van der Waals surface area contributed by atoms with Gasteiger partial charge in [-0.3, -0.25) is 9.36 Å². The summed E-state index contributed by atoms with van der Waals surface area (Å²) in [7, 11) is -4.20. The van der Waals surface area contributed by atoms with Crippen LogP contribution in [0.3, 0.4) is 0 Å². The number of nitrogens with two attached hydrogens (primary N) is 1. The molecule has 1 saturated heterocycles. The van der Waals surface area contributed by atoms with Gasteiger partial charge in [0.05, 0.1) is 17.8 Å². The van der Waals surface area contributed by atoms with E-state index in [9.17, 15) is 22.5 Å². The van der Waals surface area contributed by atoms with Gasteiger partial charge in [-0.2, -0.15) is 13.2 Å². The number of benzene rings is 1. The van der Waals surface area contributed by atoms with Crippen LogP contribution in [0.5, 0.6) is 0 Å². The summed E-state index contributed by atoms with van der Waals surface area (Å²) in [5, 5.41) is 0. The third-order valence-electron chi connectivity index (χ3n) is 4.56. The van der Waals surface area contributed by atoms with Crippen molar-refractivity contribution in [3.8, 4) is 0 Å². The molecule has 10 heteroatoms. The van der Waals surface area contributed by atoms with Crippen LogP contribution >= 0.6 is 7.60 Å². The number of halogens is 3. The van der Waals surface area contributed by atoms with Crippen molar-refractivity contribution in [2.75, 3.05) is 19.3 Å². The van der Waals surface area contributed by atoms with E-state index in [1.54, 1.807) is 4.90 Å². The molecule has 1 heterocycles. The van der Waals surface area contributed by atoms with Crippen LogP contribution in [0.25, 0.3) is 0 Å². The summed E-state index contributed by atoms with van der Waals surface area (Å²) in [6, 6.07) is 4.09. The van der Waals surface area contributed by atoms with Gasteiger partial charge in [-0.1, -0.05) is 12.1 Å². The van der Waals surface area contributed by atoms with Gasteiger partial charge in [0.15, 0.2) is 0 Å². The lowest BCUT2D eigenvalue weighted by Gasteiger charge is -2.33. The summed E-state index contributed by atoms with van der Waals surface area (Å²) in [6.07, 6.45) is -3.70. The maximum absolute atomic E-state index is 12.6. The molecule has 146 valence electrons. The zero-order valence-corrected chi connectivity index (χ0v) is 14.9. The van der Waals surface area contributed by atoms with Crippen molar-refractivity contribution in [3.63, 3.8) is 0 Å². The Morgan fingerprint density at radius 1 is 1.23 bits per heavy atom. The lowest BCUT2D eigenvalue weighted by molar-refractivity contribution is -0.137. The first-order valence-electron chi connectivity index (χ1n) is 8.23. The highest BCUT2D eigenvalue weighted by Gasteiger charge is 2.31. The van der Waals surface area contributed by atoms with E-state index in [0.29, 0.717) is 25.9 Å². The molecule has 0 radical (unpaired) electrons. The van der Waals surface area contributed by atoms with Gasteiger partial charge < -0.3 is 20.4 Å². The third kappa shape index (κ3) is 5.81. The van der Waals surface area contributed by atoms with E-state index in [0.717, 1.165) is 17.7 Å². The molecule has 1 aromatic rings. The molecule has 1 aromatic carbocycles. The Balaban J connectivity index is 1.88. The van der Waals surface area contributed by atoms with Crippen molar-refractivity contribution in [1.82, 2.24) is 4.90 Å². The number of rotatable bonds is 5. The largest absolute Gasteiger partial charge is 0.416 e. The van der Waals surface area contributed by atoms with Crippen LogP contribution in [0.1, 0.15) is 36.3 Å². The predicted molar refractivity (Wildman–Crippen MR) is 89.5 cm³/mol. The van der Waals surface area contributed by atoms with Gasteiger partial charge in [0.1, 0.15) is 0 Å². The Kier molecular flexibility index (Phi) is 6.50. The van der Waals surface area contributed by atoms with Crippen LogP contribution in [-0.2, 0) is 15.5 Å². The summed E-state index contributed by atoms with van der Waals surface area (Å²) in [5.74, 6) is -0.294. The normalized spacial score (nSPS) is 18.0. The molecule has 0 spiro atoms. The number of nitrogens with zero attached hydrogens (tertiary/aromatic N) is 1. The highest BCUT2D eigenvalue weighted by atomic mass is 31.2. The maximum atomic E-state index is 12.6. The van der Waals surface area contributed by atoms with Gasteiger partial charge in [-0.05, 0) is 42.9 Å². The zero-order chi connectivity index (χ0) is 19.5. The number of hydrogen-bond donors (Lipinski definition) is 3. The minimum absolute atomic E-state index is 0.0626. The van der Waals surface area contributed by atoms with Crippen LogP contribution in [0.2, 0.25) is 0 Å². The molecular formula is C16H22F3N2O4P. The summed E-state index contributed by atoms with van der Waals surface area (Å²) in [4.78, 5) is 31.5. The number of likely N-dealkylation sites (tertiary alicyclic amines) is 1. The average Bonchev–Trinajstić information content (AvgIpc) is 2.58. The Morgan fingerprint density at radius 2 is 1.77 bits per heavy atom. The molecule has 0 saturated carbocycles. The first kappa shape index (κ1) is 20.9. The molecule has 1 amide bonds. The number of carbonyl (C=O) groups is 1. The molecule has 1 unspecified atom stereocenters. The standard InChI is InChI=1S/C16H22F3N2O4P/c17-16(18,19)13-3-1-11(2-4-13)12-5-8-21(9-6-12)15(22)14(20)7-10-26(23,24)25/h1-4,12,14H,5-10,20H2,(H2,23,24,25). The first-order valence-corrected chi connectivity index (χ1v) is 10.0. The van der Waals surface area contributed by atoms with Crippen LogP contribution in [0.15, 0.2) is 24.3 Å². The molecule has 1 atom stereocenters. The van der Waals surface area contributed by atoms with Crippen LogP contribution < -0.4 is 5.73 Å². The lowest BCUT2D eigenvalue weighted by Crippen LogP contribution is -2.47. The Hall–Kier alpha value is -1.41. The Morgan fingerprint density at radius 3 is 2.23 bits per heavy atom. The van der Waals surface area contributed by atoms with Crippen molar-refractivity contribution >= 4 is 13.5 Å². The Bertz CT molecular complexity index is 667. The van der Waals surface area contributed by atoms with Crippen molar-refractivity contribution in [1.29, 1.82) is 0 Å². The van der Waals surface area contributed by atoms with Gasteiger partial charge >= 0.3 is 13.8 Å². The molecule has 1 aliphatic heterocycles. The summed E-state index contributed by atoms with van der Waals surface area (Å²) in [5.41, 5.74) is 5.83. The van der Waals surface area contributed by atoms with Crippen LogP contribution in [0.4, 0.5) is 13.2 Å². The van der Waals surface area contributed by atoms with E-state index in [-0.39, 0.29) is 18.2 Å². The van der Waals surface area contributed by atoms with Crippen molar-refractivity contribution in [3.05, 3.63) is 35.4 Å². The number of amides is 1. The monoisotopic (exact) mass is 394 g/mol. The highest BCUT2D eigenvalue weighted by Crippen LogP contribution is 2.36. The molecule has 2 rings (SSSR count). The molecular weight excluding hydrogens is 372 g/mol. The van der Waals surface area contributed by atoms with Crippen molar-refractivity contribution < 1.29 is 32.3 Å². The molecule has 6 nitrogen and oxygen atoms in total. The second-order valence-electron chi connectivity index (χ2n) is 6.50. The molecule has 1 fully saturated rings. The fourth-order valence-corrected chi connectivity index (χ4v) is 3.66. The second kappa shape index (κ2) is 8.08. The molecule has 0 aliphatic carbocycles. The van der Waals surface area contributed by atoms with E-state index >= 15 is 0 Å². The molecule has 0 bridgehead atoms. The van der Waals surface area contributed by atoms with Gasteiger partial charge in [0.2, 0.25) is 5.91 Å². The van der Waals surface area contributed by atoms with Gasteiger partial charge in [-0.25, -0.2) is 0 Å². The highest BCUT2D eigenvalue weighted by molar-refractivity contribution is 7.51. The van der Waals surface area contributed by atoms with Gasteiger partial charge in [0, 0.05) is 13.1 Å². The quantitative estimate of drug-likeness (QED) is 0.665. The average molecular weight is 394 g/mol. The van der Waals surface area contributed by atoms with Crippen LogP contribution in [0, 0.1) is 0 Å². The van der Waals surface area contributed by atoms with E-state index < -0.39 is 31.5 Å². The summed E-state index contributed by atoms with van der Waals surface area (Å²) >= 11 is 0. The minimum Gasteiger partial charge on any atom is -0.341 e. The van der Waals surface area contributed by atoms with Crippen molar-refractivity contribution in [2.24, 2.45) is 5.73 Å². The molecule has 26 heavy (non-hydrogen) atoms. The second-order valence-corrected chi connectivity index (χ2v) is 8.28. The topological polar surface area (TPSA) is 104 Å². The van der Waals surface area contributed by atoms with Crippen molar-refractivity contribution in [2.45, 2.75) is 37.4 Å². The van der Waals surface area contributed by atoms with Gasteiger partial charge in [-0.15, -0.1) is 0 Å². The SMILES string of the molecule is NC(CCP(=O)(O)O)C(=O)N1CCC(c2ccc(C(F)(F)F)cc2)CC1. The summed E-state index contributed by atoms with van der Waals surface area (Å²) in [6.45, 7) is 0.822. The lowest BCUT2D eigenvalue weighted by atomic mass is 9.88. The van der Waals surface area contributed by atoms with E-state index in [1.807, 2.05) is 0 Å². The number of carbonyl (C=O) groups excluding carboxylic acids is 1. The third-order valence-corrected chi connectivity index (χ3v) is 5.41. The Labute approximate surface area is 149 Å². The van der Waals surface area contributed by atoms with E-state index in [2.05, 4.69) is 0 Å². The van der Waals surface area contributed by atoms with E-state index in [1.165, 1.54) is 12.1 Å². The van der Waals surface area contributed by atoms with Crippen LogP contribution in [-0.4, -0.2) is 45.9 Å². The number of hydrogen-bond acceptors (Lipinski definition) is 3. The van der Waals surface area contributed by atoms with E-state index in [4.69, 9.17) is 15.5 Å². The predicted octanol–water partition coefficient (Wildman–Crippen LogP) is 2.31. The first-order chi connectivity index (χ1) is 12.0. The zero-order valence-electron chi connectivity index (χ0n) is 14.0. The number of alkyl halides is 3. The number of piperidine rings is 1. The fourth-order valence-electron chi connectivity index (χ4n) is 3.04. The molecule has 1 aliphatic rings. The fraction of sp³-hybridized carbons (Fsp3) is 0.562. The summed E-state index contributed by atoms with van der Waals surface area (Å²) < 4.78 is 48.7. The minimum atomic E-state index is -4.36. The molecule has 0 aromatic heterocycles. The van der Waals surface area contributed by atoms with Gasteiger partial charge in [0.25, 0.3) is 0 Å². The smallest absolute Gasteiger partial charge is 0.341 e.